The van der Waals surface area contributed by atoms with Crippen LogP contribution < -0.4 is 4.98 Å². The first-order valence-corrected chi connectivity index (χ1v) is 13.2. The number of hydrogen-bond acceptors (Lipinski definition) is 3. The summed E-state index contributed by atoms with van der Waals surface area (Å²) in [6, 6.07) is 0.577. The molecule has 0 aliphatic heterocycles. The molecule has 0 aliphatic carbocycles. The number of rotatable bonds is 7. The zero-order chi connectivity index (χ0) is 12.1. The molecule has 0 aromatic heterocycles. The molecular formula is C9H27NO2Si3. The first-order chi connectivity index (χ1) is 6.66. The summed E-state index contributed by atoms with van der Waals surface area (Å²) in [5.74, 6) is 0. The van der Waals surface area contributed by atoms with Crippen molar-refractivity contribution in [3.63, 3.8) is 0 Å². The SMILES string of the molecule is CCC(C)N[SiH2]O[Si](C)(C)O[Si](C)(C)C. The van der Waals surface area contributed by atoms with E-state index < -0.39 is 26.8 Å². The van der Waals surface area contributed by atoms with Crippen molar-refractivity contribution >= 4 is 26.8 Å². The summed E-state index contributed by atoms with van der Waals surface area (Å²) in [6.07, 6.45) is 1.16. The summed E-state index contributed by atoms with van der Waals surface area (Å²) in [6.45, 7) is 15.3. The molecule has 0 fully saturated rings. The summed E-state index contributed by atoms with van der Waals surface area (Å²) < 4.78 is 12.0. The third kappa shape index (κ3) is 9.46. The molecule has 0 heterocycles. The maximum absolute atomic E-state index is 6.09. The van der Waals surface area contributed by atoms with Crippen LogP contribution in [0.5, 0.6) is 0 Å². The molecule has 15 heavy (non-hydrogen) atoms. The molecule has 0 aromatic rings. The fourth-order valence-corrected chi connectivity index (χ4v) is 10.2. The van der Waals surface area contributed by atoms with E-state index in [0.717, 1.165) is 6.42 Å². The summed E-state index contributed by atoms with van der Waals surface area (Å²) in [5, 5.41) is 0. The minimum atomic E-state index is -1.86. The standard InChI is InChI=1S/C9H27NO2Si3/c1-8-9(2)10-13-11-15(6,7)12-14(3,4)5/h9-10H,8,13H2,1-7H3. The maximum Gasteiger partial charge on any atom is 0.311 e. The third-order valence-electron chi connectivity index (χ3n) is 2.02. The van der Waals surface area contributed by atoms with Gasteiger partial charge in [0.25, 0.3) is 0 Å². The van der Waals surface area contributed by atoms with Gasteiger partial charge in [-0.25, -0.2) is 0 Å². The Hall–Kier alpha value is 0.531. The molecule has 0 rings (SSSR count). The van der Waals surface area contributed by atoms with Crippen LogP contribution in [-0.4, -0.2) is 32.8 Å². The molecule has 0 aliphatic rings. The van der Waals surface area contributed by atoms with Crippen LogP contribution >= 0.6 is 0 Å². The van der Waals surface area contributed by atoms with Crippen LogP contribution in [0.15, 0.2) is 0 Å². The molecule has 0 radical (unpaired) electrons. The van der Waals surface area contributed by atoms with E-state index in [2.05, 4.69) is 51.6 Å². The smallest absolute Gasteiger partial charge is 0.311 e. The highest BCUT2D eigenvalue weighted by molar-refractivity contribution is 6.82. The first kappa shape index (κ1) is 15.5. The molecule has 0 amide bonds. The number of hydrogen-bond donors (Lipinski definition) is 1. The Bertz CT molecular complexity index is 183. The van der Waals surface area contributed by atoms with Crippen molar-refractivity contribution in [2.75, 3.05) is 0 Å². The molecule has 0 saturated carbocycles. The molecule has 0 saturated heterocycles. The van der Waals surface area contributed by atoms with Crippen LogP contribution in [0.1, 0.15) is 20.3 Å². The second-order valence-electron chi connectivity index (χ2n) is 5.42. The molecule has 3 nitrogen and oxygen atoms in total. The predicted octanol–water partition coefficient (Wildman–Crippen LogP) is 1.94. The van der Waals surface area contributed by atoms with E-state index in [9.17, 15) is 0 Å². The van der Waals surface area contributed by atoms with Gasteiger partial charge in [0.2, 0.25) is 9.92 Å². The van der Waals surface area contributed by atoms with Gasteiger partial charge in [-0.15, -0.1) is 0 Å². The number of nitrogens with one attached hydrogen (secondary N) is 1. The van der Waals surface area contributed by atoms with Crippen molar-refractivity contribution in [3.8, 4) is 0 Å². The molecule has 6 heteroatoms. The molecule has 0 aromatic carbocycles. The monoisotopic (exact) mass is 265 g/mol. The van der Waals surface area contributed by atoms with Crippen LogP contribution in [0, 0.1) is 0 Å². The summed E-state index contributed by atoms with van der Waals surface area (Å²) in [5.41, 5.74) is 0. The Labute approximate surface area is 99.3 Å². The quantitative estimate of drug-likeness (QED) is 0.714. The van der Waals surface area contributed by atoms with Gasteiger partial charge < -0.3 is 13.2 Å². The van der Waals surface area contributed by atoms with E-state index in [4.69, 9.17) is 8.23 Å². The van der Waals surface area contributed by atoms with Crippen LogP contribution in [0.25, 0.3) is 0 Å². The molecule has 1 N–H and O–H groups in total. The van der Waals surface area contributed by atoms with Crippen molar-refractivity contribution in [2.24, 2.45) is 0 Å². The van der Waals surface area contributed by atoms with Gasteiger partial charge in [0.1, 0.15) is 0 Å². The van der Waals surface area contributed by atoms with Crippen molar-refractivity contribution < 1.29 is 8.23 Å². The molecule has 92 valence electrons. The van der Waals surface area contributed by atoms with E-state index >= 15 is 0 Å². The topological polar surface area (TPSA) is 30.5 Å². The minimum Gasteiger partial charge on any atom is -0.437 e. The van der Waals surface area contributed by atoms with Gasteiger partial charge >= 0.3 is 8.56 Å². The molecule has 1 atom stereocenters. The lowest BCUT2D eigenvalue weighted by Crippen LogP contribution is -2.48. The average Bonchev–Trinajstić information content (AvgIpc) is 1.98. The predicted molar refractivity (Wildman–Crippen MR) is 74.4 cm³/mol. The largest absolute Gasteiger partial charge is 0.437 e. The highest BCUT2D eigenvalue weighted by atomic mass is 28.5. The molecule has 0 bridgehead atoms. The van der Waals surface area contributed by atoms with Crippen LogP contribution in [0.2, 0.25) is 32.7 Å². The van der Waals surface area contributed by atoms with Gasteiger partial charge in [-0.1, -0.05) is 13.8 Å². The Kier molecular flexibility index (Phi) is 6.53. The van der Waals surface area contributed by atoms with Gasteiger partial charge in [-0.05, 0) is 45.2 Å². The van der Waals surface area contributed by atoms with E-state index in [0.29, 0.717) is 6.04 Å². The highest BCUT2D eigenvalue weighted by Gasteiger charge is 2.30. The molecule has 0 spiro atoms. The summed E-state index contributed by atoms with van der Waals surface area (Å²) in [4.78, 5) is 3.46. The van der Waals surface area contributed by atoms with Gasteiger partial charge in [0, 0.05) is 0 Å². The Morgan fingerprint density at radius 3 is 2.13 bits per heavy atom. The zero-order valence-electron chi connectivity index (χ0n) is 11.3. The van der Waals surface area contributed by atoms with E-state index in [1.165, 1.54) is 0 Å². The lowest BCUT2D eigenvalue weighted by Gasteiger charge is -2.31. The van der Waals surface area contributed by atoms with Gasteiger partial charge in [-0.2, -0.15) is 0 Å². The Morgan fingerprint density at radius 1 is 1.20 bits per heavy atom. The van der Waals surface area contributed by atoms with Crippen molar-refractivity contribution in [1.82, 2.24) is 4.98 Å². The Balaban J connectivity index is 3.84. The Morgan fingerprint density at radius 2 is 1.73 bits per heavy atom. The van der Waals surface area contributed by atoms with E-state index in [1.54, 1.807) is 0 Å². The van der Waals surface area contributed by atoms with Crippen LogP contribution in [0.3, 0.4) is 0 Å². The fourth-order valence-electron chi connectivity index (χ4n) is 1.27. The molecular weight excluding hydrogens is 238 g/mol. The fraction of sp³-hybridized carbons (Fsp3) is 1.00. The van der Waals surface area contributed by atoms with E-state index in [1.807, 2.05) is 0 Å². The molecule has 1 unspecified atom stereocenters. The average molecular weight is 266 g/mol. The summed E-state index contributed by atoms with van der Waals surface area (Å²) in [7, 11) is -3.92. The second kappa shape index (κ2) is 6.31. The van der Waals surface area contributed by atoms with E-state index in [-0.39, 0.29) is 0 Å². The summed E-state index contributed by atoms with van der Waals surface area (Å²) >= 11 is 0. The van der Waals surface area contributed by atoms with Crippen molar-refractivity contribution in [3.05, 3.63) is 0 Å². The second-order valence-corrected chi connectivity index (χ2v) is 15.1. The van der Waals surface area contributed by atoms with Crippen LogP contribution in [-0.2, 0) is 8.23 Å². The zero-order valence-corrected chi connectivity index (χ0v) is 14.7. The normalized spacial score (nSPS) is 16.2. The van der Waals surface area contributed by atoms with Crippen molar-refractivity contribution in [1.29, 1.82) is 0 Å². The van der Waals surface area contributed by atoms with Crippen LogP contribution in [0.4, 0.5) is 0 Å². The van der Waals surface area contributed by atoms with Crippen molar-refractivity contribution in [2.45, 2.75) is 59.0 Å². The minimum absolute atomic E-state index is 0.577. The van der Waals surface area contributed by atoms with Gasteiger partial charge in [0.15, 0.2) is 8.32 Å². The van der Waals surface area contributed by atoms with Gasteiger partial charge in [-0.3, -0.25) is 0 Å². The highest BCUT2D eigenvalue weighted by Crippen LogP contribution is 2.14. The maximum atomic E-state index is 6.09. The lowest BCUT2D eigenvalue weighted by atomic mass is 10.3. The lowest BCUT2D eigenvalue weighted by molar-refractivity contribution is 0.401. The van der Waals surface area contributed by atoms with Gasteiger partial charge in [0.05, 0.1) is 0 Å². The third-order valence-corrected chi connectivity index (χ3v) is 10.7. The first-order valence-electron chi connectivity index (χ1n) is 5.74.